The molecule has 0 radical (unpaired) electrons. The van der Waals surface area contributed by atoms with Gasteiger partial charge in [0.15, 0.2) is 0 Å². The molecule has 66 heavy (non-hydrogen) atoms. The highest BCUT2D eigenvalue weighted by Crippen LogP contribution is 2.41. The molecular formula is C62H66B2N2. The van der Waals surface area contributed by atoms with E-state index in [-0.39, 0.29) is 24.3 Å². The van der Waals surface area contributed by atoms with Crippen molar-refractivity contribution in [2.24, 2.45) is 0 Å². The lowest BCUT2D eigenvalue weighted by atomic mass is 9.31. The van der Waals surface area contributed by atoms with Crippen molar-refractivity contribution in [3.05, 3.63) is 155 Å². The van der Waals surface area contributed by atoms with Crippen LogP contribution in [0.2, 0.25) is 0 Å². The monoisotopic (exact) mass is 861 g/mol. The van der Waals surface area contributed by atoms with E-state index < -0.39 is 0 Å². The molecule has 2 aliphatic rings. The second-order valence-electron chi connectivity index (χ2n) is 23.3. The molecule has 2 nitrogen and oxygen atoms in total. The molecule has 2 aromatic heterocycles. The fourth-order valence-corrected chi connectivity index (χ4v) is 12.4. The van der Waals surface area contributed by atoms with Gasteiger partial charge in [-0.2, -0.15) is 0 Å². The Balaban J connectivity index is 1.39. The lowest BCUT2D eigenvalue weighted by molar-refractivity contribution is 0.590. The molecule has 0 saturated heterocycles. The van der Waals surface area contributed by atoms with Crippen LogP contribution >= 0.6 is 0 Å². The van der Waals surface area contributed by atoms with E-state index in [0.717, 1.165) is 0 Å². The third-order valence-electron chi connectivity index (χ3n) is 15.7. The van der Waals surface area contributed by atoms with E-state index in [1.165, 1.54) is 121 Å². The number of nitrogens with zero attached hydrogens (tertiary/aromatic N) is 2. The maximum atomic E-state index is 2.71. The number of aromatic nitrogens is 2. The van der Waals surface area contributed by atoms with Gasteiger partial charge in [-0.25, -0.2) is 0 Å². The Hall–Kier alpha value is -5.73. The van der Waals surface area contributed by atoms with Gasteiger partial charge in [0.2, 0.25) is 13.4 Å². The van der Waals surface area contributed by atoms with Gasteiger partial charge in [0.1, 0.15) is 0 Å². The Morgan fingerprint density at radius 1 is 0.364 bits per heavy atom. The number of para-hydroxylation sites is 2. The Bertz CT molecular complexity index is 3410. The van der Waals surface area contributed by atoms with Crippen molar-refractivity contribution >= 4 is 89.8 Å². The number of fused-ring (bicyclic) bond motifs is 10. The predicted octanol–water partition coefficient (Wildman–Crippen LogP) is 12.6. The number of hydrogen-bond donors (Lipinski definition) is 0. The molecule has 0 amide bonds. The molecule has 4 heteroatoms. The minimum Gasteiger partial charge on any atom is -0.310 e. The van der Waals surface area contributed by atoms with Gasteiger partial charge in [-0.3, -0.25) is 0 Å². The molecule has 0 N–H and O–H groups in total. The first-order chi connectivity index (χ1) is 31.4. The van der Waals surface area contributed by atoms with Crippen LogP contribution in [-0.2, 0) is 10.8 Å². The van der Waals surface area contributed by atoms with Gasteiger partial charge in [0.25, 0.3) is 0 Å². The predicted molar refractivity (Wildman–Crippen MR) is 291 cm³/mol. The first-order valence-corrected chi connectivity index (χ1v) is 25.0. The van der Waals surface area contributed by atoms with E-state index in [1.54, 1.807) is 0 Å². The summed E-state index contributed by atoms with van der Waals surface area (Å²) in [5.41, 5.74) is 25.0. The average Bonchev–Trinajstić information content (AvgIpc) is 3.79. The number of benzene rings is 7. The summed E-state index contributed by atoms with van der Waals surface area (Å²) in [4.78, 5) is 0. The van der Waals surface area contributed by atoms with Crippen LogP contribution in [0.15, 0.2) is 121 Å². The van der Waals surface area contributed by atoms with Crippen LogP contribution in [0.5, 0.6) is 0 Å². The van der Waals surface area contributed by atoms with Crippen molar-refractivity contribution in [1.82, 2.24) is 9.13 Å². The second kappa shape index (κ2) is 14.9. The lowest BCUT2D eigenvalue weighted by Crippen LogP contribution is -2.61. The Morgan fingerprint density at radius 3 is 1.32 bits per heavy atom. The van der Waals surface area contributed by atoms with Gasteiger partial charge in [-0.05, 0) is 126 Å². The molecule has 0 unspecified atom stereocenters. The number of rotatable bonds is 6. The van der Waals surface area contributed by atoms with Gasteiger partial charge >= 0.3 is 0 Å². The fourth-order valence-electron chi connectivity index (χ4n) is 12.4. The SMILES string of the molecule is CC(C)c1cccc(C(C)C)c1B1c2cc3c(cc2-n2c4ccccc4c4cccc1c42)B(c1c(C(C)C)cccc1C(C)C)c1cc(C(C)(C)C)cc2c4cc(C(C)(C)C)ccc4n-3c12. The Morgan fingerprint density at radius 2 is 0.803 bits per heavy atom. The van der Waals surface area contributed by atoms with Gasteiger partial charge in [-0.1, -0.05) is 193 Å². The molecule has 0 aliphatic carbocycles. The Kier molecular flexibility index (Phi) is 9.67. The van der Waals surface area contributed by atoms with Crippen molar-refractivity contribution in [2.75, 3.05) is 0 Å². The fraction of sp³-hybridized carbons (Fsp3) is 0.323. The minimum absolute atomic E-state index is 0.0125. The second-order valence-corrected chi connectivity index (χ2v) is 23.3. The van der Waals surface area contributed by atoms with Gasteiger partial charge in [0.05, 0.1) is 11.0 Å². The van der Waals surface area contributed by atoms with E-state index >= 15 is 0 Å². The van der Waals surface area contributed by atoms with E-state index in [0.29, 0.717) is 23.7 Å². The average molecular weight is 861 g/mol. The first kappa shape index (κ1) is 42.9. The van der Waals surface area contributed by atoms with Crippen LogP contribution in [0.1, 0.15) is 154 Å². The molecule has 9 aromatic rings. The molecule has 0 spiro atoms. The lowest BCUT2D eigenvalue weighted by Gasteiger charge is -2.36. The zero-order valence-electron chi connectivity index (χ0n) is 41.9. The maximum Gasteiger partial charge on any atom is 0.247 e. The van der Waals surface area contributed by atoms with E-state index in [2.05, 4.69) is 227 Å². The van der Waals surface area contributed by atoms with Crippen molar-refractivity contribution in [3.8, 4) is 11.4 Å². The summed E-state index contributed by atoms with van der Waals surface area (Å²) in [6.07, 6.45) is 0. The zero-order chi connectivity index (χ0) is 46.5. The summed E-state index contributed by atoms with van der Waals surface area (Å²) in [7, 11) is 0. The van der Waals surface area contributed by atoms with Crippen LogP contribution in [0.4, 0.5) is 0 Å². The minimum atomic E-state index is -0.0512. The quantitative estimate of drug-likeness (QED) is 0.147. The van der Waals surface area contributed by atoms with Crippen LogP contribution in [0.3, 0.4) is 0 Å². The molecule has 2 aliphatic heterocycles. The highest BCUT2D eigenvalue weighted by molar-refractivity contribution is 7.00. The smallest absolute Gasteiger partial charge is 0.247 e. The summed E-state index contributed by atoms with van der Waals surface area (Å²) < 4.78 is 5.37. The van der Waals surface area contributed by atoms with Gasteiger partial charge in [0, 0.05) is 44.0 Å². The summed E-state index contributed by atoms with van der Waals surface area (Å²) in [5, 5.41) is 5.37. The van der Waals surface area contributed by atoms with Crippen LogP contribution in [0, 0.1) is 0 Å². The zero-order valence-corrected chi connectivity index (χ0v) is 41.9. The third kappa shape index (κ3) is 6.15. The van der Waals surface area contributed by atoms with E-state index in [4.69, 9.17) is 0 Å². The molecule has 4 heterocycles. The largest absolute Gasteiger partial charge is 0.310 e. The molecule has 0 fully saturated rings. The highest BCUT2D eigenvalue weighted by Gasteiger charge is 2.43. The molecule has 0 atom stereocenters. The molecule has 7 aromatic carbocycles. The summed E-state index contributed by atoms with van der Waals surface area (Å²) in [5.74, 6) is 1.45. The summed E-state index contributed by atoms with van der Waals surface area (Å²) in [6, 6.07) is 48.5. The van der Waals surface area contributed by atoms with Crippen LogP contribution in [-0.4, -0.2) is 22.6 Å². The molecule has 330 valence electrons. The Labute approximate surface area is 394 Å². The van der Waals surface area contributed by atoms with Crippen molar-refractivity contribution in [2.45, 2.75) is 131 Å². The topological polar surface area (TPSA) is 9.86 Å². The standard InChI is InChI=1S/C62H66B2N2/c1-35(2)41-21-17-22-42(36(3)4)57(41)63-49-26-19-25-46-45-20-15-16-27-53(45)65(59(46)49)55-34-51-56(33-50(55)63)66-54-29-28-39(61(9,10)11)30-47(54)48-31-40(62(12,13)14)32-52(60(48)66)64(51)58-43(37(5)6)23-18-24-44(58)38(7)8/h15-38H,1-14H3. The molecule has 0 saturated carbocycles. The number of hydrogen-bond acceptors (Lipinski definition) is 0. The van der Waals surface area contributed by atoms with Crippen LogP contribution in [0.25, 0.3) is 55.0 Å². The summed E-state index contributed by atoms with van der Waals surface area (Å²) >= 11 is 0. The molecular weight excluding hydrogens is 794 g/mol. The summed E-state index contributed by atoms with van der Waals surface area (Å²) in [6.45, 7) is 33.4. The van der Waals surface area contributed by atoms with Gasteiger partial charge < -0.3 is 9.13 Å². The van der Waals surface area contributed by atoms with Gasteiger partial charge in [-0.15, -0.1) is 0 Å². The van der Waals surface area contributed by atoms with E-state index in [1.807, 2.05) is 0 Å². The molecule has 11 rings (SSSR count). The van der Waals surface area contributed by atoms with Crippen LogP contribution < -0.4 is 32.8 Å². The van der Waals surface area contributed by atoms with Crippen molar-refractivity contribution < 1.29 is 0 Å². The maximum absolute atomic E-state index is 2.71. The van der Waals surface area contributed by atoms with E-state index in [9.17, 15) is 0 Å². The van der Waals surface area contributed by atoms with Crippen molar-refractivity contribution in [3.63, 3.8) is 0 Å². The third-order valence-corrected chi connectivity index (χ3v) is 15.7. The first-order valence-electron chi connectivity index (χ1n) is 25.0. The van der Waals surface area contributed by atoms with Crippen molar-refractivity contribution in [1.29, 1.82) is 0 Å². The highest BCUT2D eigenvalue weighted by atomic mass is 15.0. The normalized spacial score (nSPS) is 13.8. The molecule has 0 bridgehead atoms.